The summed E-state index contributed by atoms with van der Waals surface area (Å²) in [6, 6.07) is 1.69. The Morgan fingerprint density at radius 2 is 2.00 bits per heavy atom. The van der Waals surface area contributed by atoms with Gasteiger partial charge in [-0.15, -0.1) is 0 Å². The van der Waals surface area contributed by atoms with E-state index in [1.54, 1.807) is 6.07 Å². The van der Waals surface area contributed by atoms with E-state index in [4.69, 9.17) is 10.4 Å². The third-order valence-electron chi connectivity index (χ3n) is 2.79. The summed E-state index contributed by atoms with van der Waals surface area (Å²) < 4.78 is 24.7. The van der Waals surface area contributed by atoms with Crippen molar-refractivity contribution in [1.82, 2.24) is 4.31 Å². The first-order valence-electron chi connectivity index (χ1n) is 5.01. The molecule has 0 radical (unpaired) electrons. The van der Waals surface area contributed by atoms with Crippen LogP contribution in [-0.4, -0.2) is 42.1 Å². The van der Waals surface area contributed by atoms with Gasteiger partial charge in [-0.2, -0.15) is 5.26 Å². The monoisotopic (exact) mass is 246 g/mol. The van der Waals surface area contributed by atoms with Gasteiger partial charge in [0.25, 0.3) is 0 Å². The molecule has 1 saturated heterocycles. The topological polar surface area (TPSA) is 98.5 Å². The lowest BCUT2D eigenvalue weighted by atomic mass is 9.99. The Kier molecular flexibility index (Phi) is 3.88. The average molecular weight is 246 g/mol. The highest BCUT2D eigenvalue weighted by molar-refractivity contribution is 7.89. The van der Waals surface area contributed by atoms with E-state index in [0.717, 1.165) is 0 Å². The molecule has 0 aromatic rings. The first-order chi connectivity index (χ1) is 7.39. The lowest BCUT2D eigenvalue weighted by Gasteiger charge is -2.29. The van der Waals surface area contributed by atoms with Gasteiger partial charge in [0.05, 0.1) is 12.0 Å². The quantitative estimate of drug-likeness (QED) is 0.757. The van der Waals surface area contributed by atoms with Crippen LogP contribution in [0.5, 0.6) is 0 Å². The van der Waals surface area contributed by atoms with E-state index in [0.29, 0.717) is 12.8 Å². The summed E-state index contributed by atoms with van der Waals surface area (Å²) in [5.41, 5.74) is 0. The summed E-state index contributed by atoms with van der Waals surface area (Å²) in [5.74, 6) is -1.35. The van der Waals surface area contributed by atoms with E-state index in [1.807, 2.05) is 0 Å². The molecule has 0 saturated carbocycles. The molecule has 0 aromatic heterocycles. The SMILES string of the molecule is CC(C#N)S(=O)(=O)N1CCC(C(=O)O)CC1. The molecule has 0 aromatic carbocycles. The van der Waals surface area contributed by atoms with Gasteiger partial charge in [0.1, 0.15) is 0 Å². The second-order valence-electron chi connectivity index (χ2n) is 3.83. The number of nitriles is 1. The molecule has 1 atom stereocenters. The molecule has 16 heavy (non-hydrogen) atoms. The molecular weight excluding hydrogens is 232 g/mol. The van der Waals surface area contributed by atoms with Crippen LogP contribution in [0.3, 0.4) is 0 Å². The van der Waals surface area contributed by atoms with Crippen molar-refractivity contribution < 1.29 is 18.3 Å². The van der Waals surface area contributed by atoms with Crippen LogP contribution in [0.4, 0.5) is 0 Å². The van der Waals surface area contributed by atoms with E-state index in [2.05, 4.69) is 0 Å². The Morgan fingerprint density at radius 1 is 1.50 bits per heavy atom. The van der Waals surface area contributed by atoms with Gasteiger partial charge >= 0.3 is 5.97 Å². The number of carboxylic acids is 1. The lowest BCUT2D eigenvalue weighted by molar-refractivity contribution is -0.142. The largest absolute Gasteiger partial charge is 0.481 e. The molecule has 1 aliphatic rings. The number of rotatable bonds is 3. The molecule has 1 heterocycles. The van der Waals surface area contributed by atoms with Crippen LogP contribution in [0.15, 0.2) is 0 Å². The number of sulfonamides is 1. The Bertz CT molecular complexity index is 404. The van der Waals surface area contributed by atoms with Crippen LogP contribution in [0.2, 0.25) is 0 Å². The fraction of sp³-hybridized carbons (Fsp3) is 0.778. The predicted octanol–water partition coefficient (Wildman–Crippen LogP) is 0.0249. The number of hydrogen-bond acceptors (Lipinski definition) is 4. The van der Waals surface area contributed by atoms with Crippen molar-refractivity contribution in [2.75, 3.05) is 13.1 Å². The Hall–Kier alpha value is -1.13. The third kappa shape index (κ3) is 2.51. The van der Waals surface area contributed by atoms with Crippen LogP contribution in [0, 0.1) is 17.2 Å². The molecule has 90 valence electrons. The van der Waals surface area contributed by atoms with Crippen molar-refractivity contribution in [3.05, 3.63) is 0 Å². The molecule has 1 N–H and O–H groups in total. The first kappa shape index (κ1) is 12.9. The summed E-state index contributed by atoms with van der Waals surface area (Å²) >= 11 is 0. The van der Waals surface area contributed by atoms with Gasteiger partial charge in [-0.3, -0.25) is 4.79 Å². The van der Waals surface area contributed by atoms with Gasteiger partial charge in [-0.1, -0.05) is 0 Å². The fourth-order valence-corrected chi connectivity index (χ4v) is 2.95. The molecule has 7 heteroatoms. The van der Waals surface area contributed by atoms with E-state index in [1.165, 1.54) is 11.2 Å². The standard InChI is InChI=1S/C9H14N2O4S/c1-7(6-10)16(14,15)11-4-2-8(3-5-11)9(12)13/h7-8H,2-5H2,1H3,(H,12,13). The average Bonchev–Trinajstić information content (AvgIpc) is 2.28. The number of aliphatic carboxylic acids is 1. The van der Waals surface area contributed by atoms with E-state index in [9.17, 15) is 13.2 Å². The molecule has 0 spiro atoms. The van der Waals surface area contributed by atoms with Crippen LogP contribution in [-0.2, 0) is 14.8 Å². The zero-order chi connectivity index (χ0) is 12.3. The number of carboxylic acid groups (broad SMARTS) is 1. The van der Waals surface area contributed by atoms with Crippen LogP contribution in [0.25, 0.3) is 0 Å². The van der Waals surface area contributed by atoms with Crippen LogP contribution >= 0.6 is 0 Å². The molecule has 1 fully saturated rings. The zero-order valence-corrected chi connectivity index (χ0v) is 9.77. The summed E-state index contributed by atoms with van der Waals surface area (Å²) in [6.45, 7) is 1.70. The second-order valence-corrected chi connectivity index (χ2v) is 6.08. The van der Waals surface area contributed by atoms with Crippen molar-refractivity contribution in [1.29, 1.82) is 5.26 Å². The maximum Gasteiger partial charge on any atom is 0.306 e. The van der Waals surface area contributed by atoms with Crippen molar-refractivity contribution in [2.24, 2.45) is 5.92 Å². The highest BCUT2D eigenvalue weighted by Crippen LogP contribution is 2.21. The fourth-order valence-electron chi connectivity index (χ4n) is 1.65. The normalized spacial score (nSPS) is 21.2. The van der Waals surface area contributed by atoms with Gasteiger partial charge < -0.3 is 5.11 Å². The number of hydrogen-bond donors (Lipinski definition) is 1. The number of nitrogens with zero attached hydrogens (tertiary/aromatic N) is 2. The van der Waals surface area contributed by atoms with E-state index < -0.39 is 27.2 Å². The maximum atomic E-state index is 11.7. The second kappa shape index (κ2) is 4.80. The van der Waals surface area contributed by atoms with Crippen molar-refractivity contribution >= 4 is 16.0 Å². The van der Waals surface area contributed by atoms with Gasteiger partial charge in [-0.05, 0) is 19.8 Å². The van der Waals surface area contributed by atoms with Crippen LogP contribution < -0.4 is 0 Å². The number of piperidine rings is 1. The van der Waals surface area contributed by atoms with Crippen molar-refractivity contribution in [3.63, 3.8) is 0 Å². The summed E-state index contributed by atoms with van der Waals surface area (Å²) in [4.78, 5) is 10.7. The van der Waals surface area contributed by atoms with Crippen LogP contribution in [0.1, 0.15) is 19.8 Å². The molecule has 1 unspecified atom stereocenters. The molecule has 0 bridgehead atoms. The first-order valence-corrected chi connectivity index (χ1v) is 6.51. The minimum Gasteiger partial charge on any atom is -0.481 e. The molecular formula is C9H14N2O4S. The minimum absolute atomic E-state index is 0.186. The number of carbonyl (C=O) groups is 1. The molecule has 6 nitrogen and oxygen atoms in total. The third-order valence-corrected chi connectivity index (χ3v) is 4.88. The molecule has 0 amide bonds. The van der Waals surface area contributed by atoms with Gasteiger partial charge in [0.2, 0.25) is 10.0 Å². The van der Waals surface area contributed by atoms with Gasteiger partial charge in [0.15, 0.2) is 5.25 Å². The van der Waals surface area contributed by atoms with Gasteiger partial charge in [-0.25, -0.2) is 12.7 Å². The van der Waals surface area contributed by atoms with Crippen molar-refractivity contribution in [3.8, 4) is 6.07 Å². The Morgan fingerprint density at radius 3 is 2.38 bits per heavy atom. The van der Waals surface area contributed by atoms with E-state index >= 15 is 0 Å². The summed E-state index contributed by atoms with van der Waals surface area (Å²) in [5, 5.41) is 16.3. The summed E-state index contributed by atoms with van der Waals surface area (Å²) in [6.07, 6.45) is 0.624. The highest BCUT2D eigenvalue weighted by atomic mass is 32.2. The molecule has 1 aliphatic heterocycles. The Balaban J connectivity index is 2.68. The zero-order valence-electron chi connectivity index (χ0n) is 8.96. The summed E-state index contributed by atoms with van der Waals surface area (Å²) in [7, 11) is -3.58. The molecule has 1 rings (SSSR count). The van der Waals surface area contributed by atoms with Crippen molar-refractivity contribution in [2.45, 2.75) is 25.0 Å². The Labute approximate surface area is 94.5 Å². The minimum atomic E-state index is -3.58. The maximum absolute atomic E-state index is 11.7. The smallest absolute Gasteiger partial charge is 0.306 e. The molecule has 0 aliphatic carbocycles. The highest BCUT2D eigenvalue weighted by Gasteiger charge is 2.34. The van der Waals surface area contributed by atoms with E-state index in [-0.39, 0.29) is 13.1 Å². The lowest BCUT2D eigenvalue weighted by Crippen LogP contribution is -2.43. The predicted molar refractivity (Wildman–Crippen MR) is 55.9 cm³/mol. The van der Waals surface area contributed by atoms with Gasteiger partial charge in [0, 0.05) is 13.1 Å².